The highest BCUT2D eigenvalue weighted by molar-refractivity contribution is 6.39. The van der Waals surface area contributed by atoms with Crippen LogP contribution >= 0.6 is 23.2 Å². The Bertz CT molecular complexity index is 652. The molecule has 4 heteroatoms. The molecule has 0 aliphatic rings. The van der Waals surface area contributed by atoms with E-state index in [0.29, 0.717) is 26.7 Å². The van der Waals surface area contributed by atoms with Gasteiger partial charge in [0.05, 0.1) is 5.56 Å². The standard InChI is InChI=1S/C17H15Cl2O2/c1-17(2,3)21-16(20)12-8-5-4-7-11(12)15-13(18)9-6-10-14(15)19/h5-10H,1-3H3. The van der Waals surface area contributed by atoms with Crippen LogP contribution in [0, 0.1) is 6.07 Å². The normalized spacial score (nSPS) is 11.3. The molecule has 109 valence electrons. The molecule has 0 bridgehead atoms. The Labute approximate surface area is 134 Å². The van der Waals surface area contributed by atoms with Crippen molar-refractivity contribution in [3.63, 3.8) is 0 Å². The van der Waals surface area contributed by atoms with E-state index in [9.17, 15) is 4.79 Å². The number of ether oxygens (including phenoxy) is 1. The van der Waals surface area contributed by atoms with Crippen LogP contribution in [0.1, 0.15) is 31.1 Å². The van der Waals surface area contributed by atoms with Crippen molar-refractivity contribution >= 4 is 29.2 Å². The molecule has 0 N–H and O–H groups in total. The quantitative estimate of drug-likeness (QED) is 0.691. The van der Waals surface area contributed by atoms with E-state index in [1.165, 1.54) is 0 Å². The van der Waals surface area contributed by atoms with Crippen molar-refractivity contribution < 1.29 is 9.53 Å². The van der Waals surface area contributed by atoms with Crippen LogP contribution in [0.25, 0.3) is 11.1 Å². The predicted octanol–water partition coefficient (Wildman–Crippen LogP) is 5.42. The minimum Gasteiger partial charge on any atom is -0.456 e. The molecule has 0 aromatic heterocycles. The van der Waals surface area contributed by atoms with Crippen LogP contribution in [0.15, 0.2) is 36.4 Å². The number of hydrogen-bond acceptors (Lipinski definition) is 2. The maximum Gasteiger partial charge on any atom is 0.339 e. The molecular formula is C17H15Cl2O2. The molecule has 0 unspecified atom stereocenters. The summed E-state index contributed by atoms with van der Waals surface area (Å²) in [4.78, 5) is 12.4. The van der Waals surface area contributed by atoms with E-state index in [0.717, 1.165) is 0 Å². The van der Waals surface area contributed by atoms with Crippen LogP contribution in [0.5, 0.6) is 0 Å². The Hall–Kier alpha value is -1.51. The summed E-state index contributed by atoms with van der Waals surface area (Å²) in [6.45, 7) is 5.46. The summed E-state index contributed by atoms with van der Waals surface area (Å²) in [5, 5.41) is 0.957. The van der Waals surface area contributed by atoms with Gasteiger partial charge in [-0.2, -0.15) is 0 Å². The second-order valence-electron chi connectivity index (χ2n) is 5.57. The highest BCUT2D eigenvalue weighted by atomic mass is 35.5. The number of esters is 1. The first-order valence-electron chi connectivity index (χ1n) is 6.47. The van der Waals surface area contributed by atoms with Crippen LogP contribution < -0.4 is 0 Å². The Morgan fingerprint density at radius 2 is 1.76 bits per heavy atom. The second-order valence-corrected chi connectivity index (χ2v) is 6.38. The van der Waals surface area contributed by atoms with Crippen molar-refractivity contribution in [3.05, 3.63) is 58.1 Å². The second kappa shape index (κ2) is 6.08. The zero-order valence-electron chi connectivity index (χ0n) is 12.0. The van der Waals surface area contributed by atoms with Crippen LogP contribution in [0.4, 0.5) is 0 Å². The van der Waals surface area contributed by atoms with Crippen LogP contribution in [0.3, 0.4) is 0 Å². The van der Waals surface area contributed by atoms with Gasteiger partial charge in [0.15, 0.2) is 0 Å². The minimum absolute atomic E-state index is 0.414. The van der Waals surface area contributed by atoms with E-state index in [4.69, 9.17) is 27.9 Å². The van der Waals surface area contributed by atoms with Crippen LogP contribution in [0.2, 0.25) is 10.0 Å². The highest BCUT2D eigenvalue weighted by Gasteiger charge is 2.22. The maximum atomic E-state index is 12.4. The van der Waals surface area contributed by atoms with Gasteiger partial charge in [0.2, 0.25) is 0 Å². The van der Waals surface area contributed by atoms with Gasteiger partial charge < -0.3 is 4.74 Å². The number of halogens is 2. The van der Waals surface area contributed by atoms with Gasteiger partial charge in [0.25, 0.3) is 0 Å². The molecule has 0 amide bonds. The van der Waals surface area contributed by atoms with Crippen molar-refractivity contribution in [3.8, 4) is 11.1 Å². The van der Waals surface area contributed by atoms with E-state index in [-0.39, 0.29) is 0 Å². The Morgan fingerprint density at radius 3 is 2.33 bits per heavy atom. The molecule has 2 nitrogen and oxygen atoms in total. The largest absolute Gasteiger partial charge is 0.456 e. The zero-order chi connectivity index (χ0) is 15.6. The SMILES string of the molecule is CC(C)(C)OC(=O)c1cc[c]cc1-c1c(Cl)cccc1Cl. The molecule has 0 aliphatic carbocycles. The first-order chi connectivity index (χ1) is 9.79. The highest BCUT2D eigenvalue weighted by Crippen LogP contribution is 2.36. The van der Waals surface area contributed by atoms with Gasteiger partial charge in [-0.05, 0) is 56.7 Å². The molecule has 2 aromatic rings. The van der Waals surface area contributed by atoms with Gasteiger partial charge in [-0.25, -0.2) is 4.79 Å². The average molecular weight is 322 g/mol. The third-order valence-electron chi connectivity index (χ3n) is 2.71. The fraction of sp³-hybridized carbons (Fsp3) is 0.235. The summed E-state index contributed by atoms with van der Waals surface area (Å²) in [5.74, 6) is -0.414. The Morgan fingerprint density at radius 1 is 1.14 bits per heavy atom. The van der Waals surface area contributed by atoms with E-state index >= 15 is 0 Å². The number of hydrogen-bond donors (Lipinski definition) is 0. The lowest BCUT2D eigenvalue weighted by molar-refractivity contribution is 0.00705. The lowest BCUT2D eigenvalue weighted by atomic mass is 9.99. The molecule has 0 saturated heterocycles. The van der Waals surface area contributed by atoms with E-state index in [1.54, 1.807) is 36.4 Å². The van der Waals surface area contributed by atoms with Crippen molar-refractivity contribution in [1.29, 1.82) is 0 Å². The first kappa shape index (κ1) is 15.9. The fourth-order valence-corrected chi connectivity index (χ4v) is 2.50. The summed E-state index contributed by atoms with van der Waals surface area (Å²) < 4.78 is 5.43. The summed E-state index contributed by atoms with van der Waals surface area (Å²) in [7, 11) is 0. The van der Waals surface area contributed by atoms with Gasteiger partial charge in [0.1, 0.15) is 5.60 Å². The fourth-order valence-electron chi connectivity index (χ4n) is 1.90. The number of benzene rings is 2. The molecule has 2 rings (SSSR count). The molecule has 0 spiro atoms. The zero-order valence-corrected chi connectivity index (χ0v) is 13.5. The van der Waals surface area contributed by atoms with E-state index in [2.05, 4.69) is 6.07 Å². The maximum absolute atomic E-state index is 12.4. The van der Waals surface area contributed by atoms with Crippen molar-refractivity contribution in [2.45, 2.75) is 26.4 Å². The van der Waals surface area contributed by atoms with Crippen molar-refractivity contribution in [2.24, 2.45) is 0 Å². The molecular weight excluding hydrogens is 307 g/mol. The third kappa shape index (κ3) is 3.78. The molecule has 2 aromatic carbocycles. The van der Waals surface area contributed by atoms with Crippen molar-refractivity contribution in [2.75, 3.05) is 0 Å². The topological polar surface area (TPSA) is 26.3 Å². The molecule has 0 saturated carbocycles. The minimum atomic E-state index is -0.571. The Kier molecular flexibility index (Phi) is 4.60. The van der Waals surface area contributed by atoms with Gasteiger partial charge in [-0.1, -0.05) is 35.3 Å². The molecule has 21 heavy (non-hydrogen) atoms. The summed E-state index contributed by atoms with van der Waals surface area (Å²) in [6.07, 6.45) is 0. The molecule has 0 aliphatic heterocycles. The summed E-state index contributed by atoms with van der Waals surface area (Å²) >= 11 is 12.4. The molecule has 0 heterocycles. The number of carbonyl (C=O) groups is 1. The average Bonchev–Trinajstić information content (AvgIpc) is 2.37. The monoisotopic (exact) mass is 321 g/mol. The summed E-state index contributed by atoms with van der Waals surface area (Å²) in [5.41, 5.74) is 1.07. The predicted molar refractivity (Wildman–Crippen MR) is 85.9 cm³/mol. The first-order valence-corrected chi connectivity index (χ1v) is 7.23. The molecule has 1 radical (unpaired) electrons. The van der Waals surface area contributed by atoms with Gasteiger partial charge in [-0.3, -0.25) is 0 Å². The smallest absolute Gasteiger partial charge is 0.339 e. The van der Waals surface area contributed by atoms with Gasteiger partial charge in [0, 0.05) is 15.6 Å². The lowest BCUT2D eigenvalue weighted by Crippen LogP contribution is -2.24. The van der Waals surface area contributed by atoms with Crippen molar-refractivity contribution in [1.82, 2.24) is 0 Å². The number of rotatable bonds is 2. The Balaban J connectivity index is 2.54. The van der Waals surface area contributed by atoms with Gasteiger partial charge >= 0.3 is 5.97 Å². The molecule has 0 atom stereocenters. The van der Waals surface area contributed by atoms with E-state index < -0.39 is 11.6 Å². The lowest BCUT2D eigenvalue weighted by Gasteiger charge is -2.21. The number of carbonyl (C=O) groups excluding carboxylic acids is 1. The summed E-state index contributed by atoms with van der Waals surface area (Å²) in [6, 6.07) is 13.2. The van der Waals surface area contributed by atoms with Crippen LogP contribution in [-0.2, 0) is 4.74 Å². The third-order valence-corrected chi connectivity index (χ3v) is 3.34. The van der Waals surface area contributed by atoms with E-state index in [1.807, 2.05) is 20.8 Å². The van der Waals surface area contributed by atoms with Gasteiger partial charge in [-0.15, -0.1) is 0 Å². The van der Waals surface area contributed by atoms with Crippen LogP contribution in [-0.4, -0.2) is 11.6 Å². The molecule has 0 fully saturated rings.